The molecule has 3 atom stereocenters. The summed E-state index contributed by atoms with van der Waals surface area (Å²) < 4.78 is 5.70. The second kappa shape index (κ2) is 10.1. The van der Waals surface area contributed by atoms with Crippen LogP contribution < -0.4 is 15.4 Å². The maximum absolute atomic E-state index is 14.4. The molecule has 0 unspecified atom stereocenters. The molecular weight excluding hydrogens is 478 g/mol. The van der Waals surface area contributed by atoms with Gasteiger partial charge in [-0.05, 0) is 86.3 Å². The van der Waals surface area contributed by atoms with Gasteiger partial charge < -0.3 is 20.3 Å². The second-order valence-corrected chi connectivity index (χ2v) is 12.4. The minimum Gasteiger partial charge on any atom is -0.493 e. The van der Waals surface area contributed by atoms with E-state index in [1.807, 2.05) is 65.0 Å². The van der Waals surface area contributed by atoms with Crippen molar-refractivity contribution in [3.05, 3.63) is 64.7 Å². The molecule has 2 aromatic carbocycles. The topological polar surface area (TPSA) is 87.7 Å². The number of nitrogens with zero attached hydrogens (tertiary/aromatic N) is 1. The van der Waals surface area contributed by atoms with Crippen molar-refractivity contribution < 1.29 is 19.1 Å². The van der Waals surface area contributed by atoms with Crippen LogP contribution in [0.2, 0.25) is 0 Å². The number of amides is 3. The lowest BCUT2D eigenvalue weighted by molar-refractivity contribution is -0.158. The van der Waals surface area contributed by atoms with Gasteiger partial charge in [-0.3, -0.25) is 14.4 Å². The van der Waals surface area contributed by atoms with Gasteiger partial charge in [-0.25, -0.2) is 0 Å². The molecule has 1 saturated heterocycles. The Morgan fingerprint density at radius 3 is 2.39 bits per heavy atom. The van der Waals surface area contributed by atoms with Gasteiger partial charge in [0.2, 0.25) is 17.7 Å². The zero-order chi connectivity index (χ0) is 27.2. The molecule has 3 amide bonds. The minimum absolute atomic E-state index is 0.0499. The third kappa shape index (κ3) is 5.16. The molecule has 2 aliphatic heterocycles. The fourth-order valence-electron chi connectivity index (χ4n) is 6.13. The zero-order valence-corrected chi connectivity index (χ0v) is 23.0. The van der Waals surface area contributed by atoms with Crippen molar-refractivity contribution >= 4 is 17.7 Å². The molecule has 0 spiro atoms. The summed E-state index contributed by atoms with van der Waals surface area (Å²) in [6.07, 6.45) is 2.68. The van der Waals surface area contributed by atoms with Crippen molar-refractivity contribution in [1.29, 1.82) is 0 Å². The van der Waals surface area contributed by atoms with Crippen LogP contribution in [-0.2, 0) is 33.6 Å². The largest absolute Gasteiger partial charge is 0.493 e. The van der Waals surface area contributed by atoms with Gasteiger partial charge in [-0.15, -0.1) is 0 Å². The molecule has 2 heterocycles. The van der Waals surface area contributed by atoms with Crippen molar-refractivity contribution in [2.24, 2.45) is 11.8 Å². The first-order valence-electron chi connectivity index (χ1n) is 13.8. The van der Waals surface area contributed by atoms with E-state index in [9.17, 15) is 14.4 Å². The number of piperazine rings is 1. The molecule has 0 saturated carbocycles. The maximum Gasteiger partial charge on any atom is 0.247 e. The number of hydrogen-bond acceptors (Lipinski definition) is 4. The van der Waals surface area contributed by atoms with E-state index in [4.69, 9.17) is 4.74 Å². The van der Waals surface area contributed by atoms with Crippen LogP contribution in [0.3, 0.4) is 0 Å². The number of fused-ring (bicyclic) bond motifs is 2. The summed E-state index contributed by atoms with van der Waals surface area (Å²) in [5, 5.41) is 6.18. The molecule has 1 aliphatic carbocycles. The molecular formula is C31H39N3O4. The molecule has 38 heavy (non-hydrogen) atoms. The normalized spacial score (nSPS) is 22.1. The van der Waals surface area contributed by atoms with E-state index < -0.39 is 23.7 Å². The highest BCUT2D eigenvalue weighted by atomic mass is 16.5. The van der Waals surface area contributed by atoms with Crippen molar-refractivity contribution in [3.63, 3.8) is 0 Å². The first kappa shape index (κ1) is 26.3. The number of carbonyl (C=O) groups is 3. The number of carbonyl (C=O) groups excluding carboxylic acids is 3. The molecule has 2 N–H and O–H groups in total. The summed E-state index contributed by atoms with van der Waals surface area (Å²) in [5.74, 6) is 0.281. The van der Waals surface area contributed by atoms with Gasteiger partial charge in [0.05, 0.1) is 6.61 Å². The number of hydrogen-bond donors (Lipinski definition) is 2. The highest BCUT2D eigenvalue weighted by Gasteiger charge is 2.49. The van der Waals surface area contributed by atoms with E-state index in [0.29, 0.717) is 18.6 Å². The van der Waals surface area contributed by atoms with Crippen LogP contribution in [0, 0.1) is 11.8 Å². The summed E-state index contributed by atoms with van der Waals surface area (Å²) in [6, 6.07) is 11.6. The van der Waals surface area contributed by atoms with E-state index in [1.54, 1.807) is 4.90 Å². The number of ether oxygens (including phenoxy) is 1. The first-order chi connectivity index (χ1) is 18.0. The van der Waals surface area contributed by atoms with Gasteiger partial charge in [0.1, 0.15) is 23.9 Å². The molecule has 3 aliphatic rings. The zero-order valence-electron chi connectivity index (χ0n) is 23.0. The van der Waals surface area contributed by atoms with Crippen LogP contribution in [0.1, 0.15) is 69.3 Å². The molecule has 0 radical (unpaired) electrons. The smallest absolute Gasteiger partial charge is 0.247 e. The highest BCUT2D eigenvalue weighted by molar-refractivity contribution is 6.00. The van der Waals surface area contributed by atoms with Gasteiger partial charge in [0.15, 0.2) is 0 Å². The standard InChI is InChI=1S/C31H39N3O4/c1-18(2)14-24-28(35)32-26(23-15-19-8-6-7-9-20(19)16-23)30(37)34(24)27(29(36)33-31(3,4)5)22-10-11-25-21(17-22)12-13-38-25/h6-11,17-18,23-24,26-27H,12-16H2,1-5H3,(H,32,35)(H,33,36)/t24-,26-,27-/m1/s1. The van der Waals surface area contributed by atoms with E-state index >= 15 is 0 Å². The Morgan fingerprint density at radius 2 is 1.76 bits per heavy atom. The molecule has 1 fully saturated rings. The lowest BCUT2D eigenvalue weighted by atomic mass is 9.87. The van der Waals surface area contributed by atoms with E-state index in [2.05, 4.69) is 22.8 Å². The fourth-order valence-corrected chi connectivity index (χ4v) is 6.13. The Balaban J connectivity index is 1.56. The van der Waals surface area contributed by atoms with Crippen LogP contribution in [0.4, 0.5) is 0 Å². The van der Waals surface area contributed by atoms with Crippen LogP contribution >= 0.6 is 0 Å². The van der Waals surface area contributed by atoms with Crippen LogP contribution in [0.5, 0.6) is 5.75 Å². The second-order valence-electron chi connectivity index (χ2n) is 12.4. The van der Waals surface area contributed by atoms with Crippen LogP contribution in [-0.4, -0.2) is 46.9 Å². The van der Waals surface area contributed by atoms with E-state index in [-0.39, 0.29) is 29.6 Å². The maximum atomic E-state index is 14.4. The SMILES string of the molecule is CC(C)C[C@@H]1C(=O)N[C@H](C2Cc3ccccc3C2)C(=O)N1[C@@H](C(=O)NC(C)(C)C)c1ccc2c(c1)CCO2. The number of benzene rings is 2. The number of nitrogens with one attached hydrogen (secondary N) is 2. The van der Waals surface area contributed by atoms with Crippen molar-refractivity contribution in [2.45, 2.75) is 84.0 Å². The fraction of sp³-hybridized carbons (Fsp3) is 0.516. The van der Waals surface area contributed by atoms with Gasteiger partial charge in [-0.2, -0.15) is 0 Å². The number of rotatable bonds is 6. The lowest BCUT2D eigenvalue weighted by Gasteiger charge is -2.45. The van der Waals surface area contributed by atoms with E-state index in [1.165, 1.54) is 11.1 Å². The van der Waals surface area contributed by atoms with Crippen LogP contribution in [0.25, 0.3) is 0 Å². The summed E-state index contributed by atoms with van der Waals surface area (Å²) in [4.78, 5) is 43.7. The van der Waals surface area contributed by atoms with Gasteiger partial charge in [0.25, 0.3) is 0 Å². The molecule has 2 aromatic rings. The molecule has 7 heteroatoms. The third-order valence-corrected chi connectivity index (χ3v) is 7.76. The lowest BCUT2D eigenvalue weighted by Crippen LogP contribution is -2.67. The molecule has 0 aromatic heterocycles. The average Bonchev–Trinajstić information content (AvgIpc) is 3.48. The summed E-state index contributed by atoms with van der Waals surface area (Å²) >= 11 is 0. The van der Waals surface area contributed by atoms with Crippen molar-refractivity contribution in [2.75, 3.05) is 6.61 Å². The molecule has 0 bridgehead atoms. The Bertz CT molecular complexity index is 1220. The first-order valence-corrected chi connectivity index (χ1v) is 13.8. The third-order valence-electron chi connectivity index (χ3n) is 7.76. The molecule has 7 nitrogen and oxygen atoms in total. The summed E-state index contributed by atoms with van der Waals surface area (Å²) in [5.41, 5.74) is 3.66. The van der Waals surface area contributed by atoms with E-state index in [0.717, 1.165) is 30.6 Å². The van der Waals surface area contributed by atoms with Gasteiger partial charge in [-0.1, -0.05) is 44.2 Å². The average molecular weight is 518 g/mol. The Labute approximate surface area is 225 Å². The monoisotopic (exact) mass is 517 g/mol. The predicted molar refractivity (Wildman–Crippen MR) is 146 cm³/mol. The Kier molecular flexibility index (Phi) is 6.97. The highest BCUT2D eigenvalue weighted by Crippen LogP contribution is 2.37. The minimum atomic E-state index is -0.922. The van der Waals surface area contributed by atoms with Crippen molar-refractivity contribution in [1.82, 2.24) is 15.5 Å². The Morgan fingerprint density at radius 1 is 1.08 bits per heavy atom. The van der Waals surface area contributed by atoms with Gasteiger partial charge >= 0.3 is 0 Å². The molecule has 5 rings (SSSR count). The Hall–Kier alpha value is -3.35. The van der Waals surface area contributed by atoms with Crippen LogP contribution in [0.15, 0.2) is 42.5 Å². The molecule has 202 valence electrons. The van der Waals surface area contributed by atoms with Crippen molar-refractivity contribution in [3.8, 4) is 5.75 Å². The van der Waals surface area contributed by atoms with Gasteiger partial charge in [0, 0.05) is 12.0 Å². The summed E-state index contributed by atoms with van der Waals surface area (Å²) in [6.45, 7) is 10.4. The quantitative estimate of drug-likeness (QED) is 0.611. The predicted octanol–water partition coefficient (Wildman–Crippen LogP) is 3.73. The summed E-state index contributed by atoms with van der Waals surface area (Å²) in [7, 11) is 0.